The number of anilines is 1. The van der Waals surface area contributed by atoms with Crippen LogP contribution in [0.5, 0.6) is 0 Å². The molecule has 1 heterocycles. The van der Waals surface area contributed by atoms with E-state index >= 15 is 0 Å². The molecular formula is C17H25N3O2. The van der Waals surface area contributed by atoms with Gasteiger partial charge in [-0.15, -0.1) is 6.42 Å². The molecule has 0 saturated carbocycles. The van der Waals surface area contributed by atoms with Crippen LogP contribution in [0, 0.1) is 24.2 Å². The zero-order chi connectivity index (χ0) is 16.4. The van der Waals surface area contributed by atoms with Crippen LogP contribution in [-0.2, 0) is 0 Å². The minimum atomic E-state index is -0.227. The van der Waals surface area contributed by atoms with E-state index in [0.29, 0.717) is 17.4 Å². The summed E-state index contributed by atoms with van der Waals surface area (Å²) >= 11 is 0. The third kappa shape index (κ3) is 6.59. The molecular weight excluding hydrogens is 278 g/mol. The Balaban J connectivity index is 2.52. The second-order valence-electron chi connectivity index (χ2n) is 5.71. The van der Waals surface area contributed by atoms with Crippen LogP contribution in [0.4, 0.5) is 5.82 Å². The van der Waals surface area contributed by atoms with Crippen molar-refractivity contribution in [3.8, 4) is 12.3 Å². The summed E-state index contributed by atoms with van der Waals surface area (Å²) in [5.74, 6) is 3.85. The zero-order valence-corrected chi connectivity index (χ0v) is 13.3. The Morgan fingerprint density at radius 1 is 1.45 bits per heavy atom. The van der Waals surface area contributed by atoms with Gasteiger partial charge in [0.25, 0.3) is 5.91 Å². The Bertz CT molecular complexity index is 492. The second-order valence-corrected chi connectivity index (χ2v) is 5.71. The number of nitrogens with zero attached hydrogens (tertiary/aromatic N) is 1. The third-order valence-electron chi connectivity index (χ3n) is 3.29. The van der Waals surface area contributed by atoms with E-state index in [4.69, 9.17) is 11.5 Å². The summed E-state index contributed by atoms with van der Waals surface area (Å²) in [6.07, 6.45) is 8.45. The maximum Gasteiger partial charge on any atom is 0.253 e. The topological polar surface area (TPSA) is 74.2 Å². The molecule has 0 radical (unpaired) electrons. The quantitative estimate of drug-likeness (QED) is 0.609. The Morgan fingerprint density at radius 3 is 2.77 bits per heavy atom. The van der Waals surface area contributed by atoms with Crippen molar-refractivity contribution < 1.29 is 9.90 Å². The zero-order valence-electron chi connectivity index (χ0n) is 13.3. The molecule has 0 aliphatic carbocycles. The molecule has 1 atom stereocenters. The van der Waals surface area contributed by atoms with Crippen molar-refractivity contribution in [1.82, 2.24) is 10.3 Å². The van der Waals surface area contributed by atoms with Crippen molar-refractivity contribution in [2.45, 2.75) is 26.7 Å². The summed E-state index contributed by atoms with van der Waals surface area (Å²) in [7, 11) is 0. The number of amides is 1. The molecule has 0 aliphatic rings. The lowest BCUT2D eigenvalue weighted by Crippen LogP contribution is -2.23. The molecule has 0 saturated heterocycles. The van der Waals surface area contributed by atoms with Crippen LogP contribution in [0.3, 0.4) is 0 Å². The summed E-state index contributed by atoms with van der Waals surface area (Å²) < 4.78 is 0. The van der Waals surface area contributed by atoms with Gasteiger partial charge in [0, 0.05) is 19.3 Å². The SMILES string of the molecule is C#CCNC(=O)c1ccc(NCC(CCO)CC(C)C)nc1. The summed E-state index contributed by atoms with van der Waals surface area (Å²) in [6.45, 7) is 5.50. The summed E-state index contributed by atoms with van der Waals surface area (Å²) in [5, 5.41) is 15.0. The second kappa shape index (κ2) is 9.80. The highest BCUT2D eigenvalue weighted by molar-refractivity contribution is 5.94. The molecule has 1 rings (SSSR count). The minimum absolute atomic E-state index is 0.195. The van der Waals surface area contributed by atoms with Crippen molar-refractivity contribution in [2.75, 3.05) is 25.0 Å². The highest BCUT2D eigenvalue weighted by Gasteiger charge is 2.11. The van der Waals surface area contributed by atoms with E-state index in [1.807, 2.05) is 0 Å². The minimum Gasteiger partial charge on any atom is -0.396 e. The number of terminal acetylenes is 1. The smallest absolute Gasteiger partial charge is 0.253 e. The number of rotatable bonds is 9. The molecule has 5 heteroatoms. The highest BCUT2D eigenvalue weighted by atomic mass is 16.3. The lowest BCUT2D eigenvalue weighted by Gasteiger charge is -2.19. The first-order valence-electron chi connectivity index (χ1n) is 7.59. The van der Waals surface area contributed by atoms with Gasteiger partial charge in [-0.05, 0) is 36.8 Å². The number of carbonyl (C=O) groups is 1. The van der Waals surface area contributed by atoms with Crippen molar-refractivity contribution in [2.24, 2.45) is 11.8 Å². The maximum absolute atomic E-state index is 11.7. The van der Waals surface area contributed by atoms with E-state index in [9.17, 15) is 4.79 Å². The van der Waals surface area contributed by atoms with Crippen molar-refractivity contribution in [1.29, 1.82) is 0 Å². The van der Waals surface area contributed by atoms with E-state index in [2.05, 4.69) is 35.4 Å². The number of carbonyl (C=O) groups excluding carboxylic acids is 1. The molecule has 5 nitrogen and oxygen atoms in total. The van der Waals surface area contributed by atoms with Crippen molar-refractivity contribution in [3.05, 3.63) is 23.9 Å². The molecule has 1 amide bonds. The van der Waals surface area contributed by atoms with E-state index in [0.717, 1.165) is 25.2 Å². The number of aliphatic hydroxyl groups is 1. The monoisotopic (exact) mass is 303 g/mol. The molecule has 120 valence electrons. The van der Waals surface area contributed by atoms with Crippen LogP contribution in [0.15, 0.2) is 18.3 Å². The Hall–Kier alpha value is -2.06. The van der Waals surface area contributed by atoms with Gasteiger partial charge in [-0.2, -0.15) is 0 Å². The van der Waals surface area contributed by atoms with Gasteiger partial charge in [0.2, 0.25) is 0 Å². The molecule has 3 N–H and O–H groups in total. The van der Waals surface area contributed by atoms with E-state index in [1.165, 1.54) is 6.20 Å². The van der Waals surface area contributed by atoms with Crippen LogP contribution in [0.1, 0.15) is 37.0 Å². The lowest BCUT2D eigenvalue weighted by atomic mass is 9.94. The molecule has 1 aromatic heterocycles. The van der Waals surface area contributed by atoms with Gasteiger partial charge in [-0.25, -0.2) is 4.98 Å². The summed E-state index contributed by atoms with van der Waals surface area (Å²) in [4.78, 5) is 15.9. The Morgan fingerprint density at radius 2 is 2.23 bits per heavy atom. The van der Waals surface area contributed by atoms with Gasteiger partial charge in [0.15, 0.2) is 0 Å². The first kappa shape index (κ1) is 18.0. The normalized spacial score (nSPS) is 11.8. The maximum atomic E-state index is 11.7. The number of hydrogen-bond donors (Lipinski definition) is 3. The number of aromatic nitrogens is 1. The van der Waals surface area contributed by atoms with Gasteiger partial charge in [-0.1, -0.05) is 19.8 Å². The Kier molecular flexibility index (Phi) is 8.01. The largest absolute Gasteiger partial charge is 0.396 e. The standard InChI is InChI=1S/C17H25N3O2/c1-4-8-18-17(22)15-5-6-16(20-12-15)19-11-14(7-9-21)10-13(2)3/h1,5-6,12-14,21H,7-11H2,2-3H3,(H,18,22)(H,19,20). The van der Waals surface area contributed by atoms with E-state index < -0.39 is 0 Å². The first-order valence-corrected chi connectivity index (χ1v) is 7.59. The molecule has 0 bridgehead atoms. The lowest BCUT2D eigenvalue weighted by molar-refractivity contribution is 0.0958. The fraction of sp³-hybridized carbons (Fsp3) is 0.529. The first-order chi connectivity index (χ1) is 10.6. The van der Waals surface area contributed by atoms with Crippen LogP contribution < -0.4 is 10.6 Å². The van der Waals surface area contributed by atoms with Crippen molar-refractivity contribution >= 4 is 11.7 Å². The Labute approximate surface area is 132 Å². The summed E-state index contributed by atoms with van der Waals surface area (Å²) in [6, 6.07) is 3.49. The number of nitrogens with one attached hydrogen (secondary N) is 2. The summed E-state index contributed by atoms with van der Waals surface area (Å²) in [5.41, 5.74) is 0.481. The van der Waals surface area contributed by atoms with E-state index in [-0.39, 0.29) is 19.1 Å². The molecule has 0 spiro atoms. The van der Waals surface area contributed by atoms with Gasteiger partial charge in [0.05, 0.1) is 12.1 Å². The number of aliphatic hydroxyl groups excluding tert-OH is 1. The van der Waals surface area contributed by atoms with Gasteiger partial charge < -0.3 is 15.7 Å². The molecule has 1 aromatic rings. The third-order valence-corrected chi connectivity index (χ3v) is 3.29. The van der Waals surface area contributed by atoms with Gasteiger partial charge >= 0.3 is 0 Å². The number of pyridine rings is 1. The van der Waals surface area contributed by atoms with Gasteiger partial charge in [0.1, 0.15) is 5.82 Å². The average molecular weight is 303 g/mol. The van der Waals surface area contributed by atoms with Crippen LogP contribution in [-0.4, -0.2) is 35.7 Å². The molecule has 0 fully saturated rings. The van der Waals surface area contributed by atoms with E-state index in [1.54, 1.807) is 12.1 Å². The average Bonchev–Trinajstić information content (AvgIpc) is 2.50. The fourth-order valence-electron chi connectivity index (χ4n) is 2.27. The van der Waals surface area contributed by atoms with Crippen LogP contribution >= 0.6 is 0 Å². The predicted molar refractivity (Wildman–Crippen MR) is 88.5 cm³/mol. The fourth-order valence-corrected chi connectivity index (χ4v) is 2.27. The number of hydrogen-bond acceptors (Lipinski definition) is 4. The van der Waals surface area contributed by atoms with Crippen molar-refractivity contribution in [3.63, 3.8) is 0 Å². The van der Waals surface area contributed by atoms with Crippen LogP contribution in [0.25, 0.3) is 0 Å². The predicted octanol–water partition coefficient (Wildman–Crippen LogP) is 1.90. The molecule has 0 aliphatic heterocycles. The molecule has 0 aromatic carbocycles. The van der Waals surface area contributed by atoms with Gasteiger partial charge in [-0.3, -0.25) is 4.79 Å². The highest BCUT2D eigenvalue weighted by Crippen LogP contribution is 2.16. The van der Waals surface area contributed by atoms with Crippen LogP contribution in [0.2, 0.25) is 0 Å². The molecule has 22 heavy (non-hydrogen) atoms. The molecule has 1 unspecified atom stereocenters.